The molecule has 0 atom stereocenters. The molecule has 1 aromatic carbocycles. The molecule has 2 nitrogen and oxygen atoms in total. The van der Waals surface area contributed by atoms with E-state index >= 15 is 0 Å². The molecule has 0 aliphatic rings. The lowest BCUT2D eigenvalue weighted by Gasteiger charge is -1.99. The van der Waals surface area contributed by atoms with Crippen LogP contribution in [0.2, 0.25) is 0 Å². The SMILES string of the molecule is Cc1ccc2[nH]cc(CCCCN)c2c1. The van der Waals surface area contributed by atoms with Crippen molar-refractivity contribution in [1.82, 2.24) is 4.98 Å². The van der Waals surface area contributed by atoms with Gasteiger partial charge in [0.25, 0.3) is 0 Å². The fraction of sp³-hybridized carbons (Fsp3) is 0.385. The van der Waals surface area contributed by atoms with Crippen LogP contribution in [0.5, 0.6) is 0 Å². The predicted molar refractivity (Wildman–Crippen MR) is 65.0 cm³/mol. The molecule has 0 amide bonds. The van der Waals surface area contributed by atoms with Crippen molar-refractivity contribution in [2.45, 2.75) is 26.2 Å². The number of unbranched alkanes of at least 4 members (excludes halogenated alkanes) is 1. The summed E-state index contributed by atoms with van der Waals surface area (Å²) in [5, 5.41) is 1.37. The predicted octanol–water partition coefficient (Wildman–Crippen LogP) is 2.76. The summed E-state index contributed by atoms with van der Waals surface area (Å²) in [6.07, 6.45) is 5.54. The molecule has 0 fully saturated rings. The molecule has 0 aliphatic carbocycles. The second kappa shape index (κ2) is 4.49. The van der Waals surface area contributed by atoms with Crippen LogP contribution in [0.25, 0.3) is 10.9 Å². The number of H-pyrrole nitrogens is 1. The Kier molecular flexibility index (Phi) is 3.07. The standard InChI is InChI=1S/C13H18N2/c1-10-5-6-13-12(8-10)11(9-15-13)4-2-3-7-14/h5-6,8-9,15H,2-4,7,14H2,1H3. The van der Waals surface area contributed by atoms with Crippen LogP contribution in [0.4, 0.5) is 0 Å². The van der Waals surface area contributed by atoms with Crippen molar-refractivity contribution in [3.05, 3.63) is 35.5 Å². The number of benzene rings is 1. The number of aromatic amines is 1. The van der Waals surface area contributed by atoms with Gasteiger partial charge in [0.1, 0.15) is 0 Å². The quantitative estimate of drug-likeness (QED) is 0.735. The molecule has 2 aromatic rings. The van der Waals surface area contributed by atoms with E-state index in [1.165, 1.54) is 28.5 Å². The molecule has 2 heteroatoms. The van der Waals surface area contributed by atoms with Crippen molar-refractivity contribution in [1.29, 1.82) is 0 Å². The first-order valence-electron chi connectivity index (χ1n) is 5.58. The van der Waals surface area contributed by atoms with Crippen molar-refractivity contribution in [3.8, 4) is 0 Å². The van der Waals surface area contributed by atoms with Gasteiger partial charge in [0.15, 0.2) is 0 Å². The summed E-state index contributed by atoms with van der Waals surface area (Å²) < 4.78 is 0. The number of nitrogens with two attached hydrogens (primary N) is 1. The molecule has 15 heavy (non-hydrogen) atoms. The zero-order valence-corrected chi connectivity index (χ0v) is 9.22. The minimum absolute atomic E-state index is 0.793. The summed E-state index contributed by atoms with van der Waals surface area (Å²) in [6, 6.07) is 6.54. The van der Waals surface area contributed by atoms with Gasteiger partial charge in [0.2, 0.25) is 0 Å². The van der Waals surface area contributed by atoms with E-state index in [2.05, 4.69) is 36.3 Å². The fourth-order valence-corrected chi connectivity index (χ4v) is 1.96. The van der Waals surface area contributed by atoms with Crippen LogP contribution >= 0.6 is 0 Å². The van der Waals surface area contributed by atoms with E-state index in [9.17, 15) is 0 Å². The molecule has 0 aliphatic heterocycles. The molecule has 1 aromatic heterocycles. The lowest BCUT2D eigenvalue weighted by atomic mass is 10.1. The number of nitrogens with one attached hydrogen (secondary N) is 1. The molecule has 0 bridgehead atoms. The smallest absolute Gasteiger partial charge is 0.0456 e. The van der Waals surface area contributed by atoms with E-state index < -0.39 is 0 Å². The van der Waals surface area contributed by atoms with Gasteiger partial charge < -0.3 is 10.7 Å². The molecule has 80 valence electrons. The Bertz CT molecular complexity index is 443. The maximum absolute atomic E-state index is 5.50. The van der Waals surface area contributed by atoms with E-state index in [1.54, 1.807) is 0 Å². The highest BCUT2D eigenvalue weighted by molar-refractivity contribution is 5.83. The largest absolute Gasteiger partial charge is 0.361 e. The lowest BCUT2D eigenvalue weighted by Crippen LogP contribution is -1.98. The molecule has 0 saturated heterocycles. The Morgan fingerprint density at radius 1 is 1.27 bits per heavy atom. The fourth-order valence-electron chi connectivity index (χ4n) is 1.96. The Morgan fingerprint density at radius 2 is 2.13 bits per heavy atom. The molecule has 3 N–H and O–H groups in total. The van der Waals surface area contributed by atoms with E-state index in [-0.39, 0.29) is 0 Å². The third-order valence-corrected chi connectivity index (χ3v) is 2.82. The van der Waals surface area contributed by atoms with Gasteiger partial charge in [-0.05, 0) is 50.4 Å². The topological polar surface area (TPSA) is 41.8 Å². The van der Waals surface area contributed by atoms with Gasteiger partial charge in [-0.15, -0.1) is 0 Å². The van der Waals surface area contributed by atoms with Crippen LogP contribution in [0.15, 0.2) is 24.4 Å². The lowest BCUT2D eigenvalue weighted by molar-refractivity contribution is 0.747. The number of aromatic nitrogens is 1. The van der Waals surface area contributed by atoms with Crippen molar-refractivity contribution in [3.63, 3.8) is 0 Å². The van der Waals surface area contributed by atoms with Crippen LogP contribution in [-0.4, -0.2) is 11.5 Å². The normalized spacial score (nSPS) is 11.1. The number of hydrogen-bond acceptors (Lipinski definition) is 1. The third kappa shape index (κ3) is 2.21. The van der Waals surface area contributed by atoms with Gasteiger partial charge in [-0.25, -0.2) is 0 Å². The van der Waals surface area contributed by atoms with Crippen LogP contribution in [0.3, 0.4) is 0 Å². The molecule has 0 radical (unpaired) electrons. The summed E-state index contributed by atoms with van der Waals surface area (Å²) in [7, 11) is 0. The minimum atomic E-state index is 0.793. The van der Waals surface area contributed by atoms with Gasteiger partial charge in [0, 0.05) is 17.1 Å². The highest BCUT2D eigenvalue weighted by Gasteiger charge is 2.02. The van der Waals surface area contributed by atoms with Gasteiger partial charge >= 0.3 is 0 Å². The molecule has 0 unspecified atom stereocenters. The number of rotatable bonds is 4. The zero-order chi connectivity index (χ0) is 10.7. The molecule has 1 heterocycles. The summed E-state index contributed by atoms with van der Waals surface area (Å²) >= 11 is 0. The first-order chi connectivity index (χ1) is 7.31. The Balaban J connectivity index is 2.23. The Morgan fingerprint density at radius 3 is 2.93 bits per heavy atom. The van der Waals surface area contributed by atoms with E-state index in [0.29, 0.717) is 0 Å². The van der Waals surface area contributed by atoms with Crippen LogP contribution in [-0.2, 0) is 6.42 Å². The van der Waals surface area contributed by atoms with Gasteiger partial charge in [-0.1, -0.05) is 11.6 Å². The third-order valence-electron chi connectivity index (χ3n) is 2.82. The van der Waals surface area contributed by atoms with Crippen molar-refractivity contribution >= 4 is 10.9 Å². The maximum Gasteiger partial charge on any atom is 0.0456 e. The van der Waals surface area contributed by atoms with Crippen LogP contribution < -0.4 is 5.73 Å². The number of hydrogen-bond donors (Lipinski definition) is 2. The minimum Gasteiger partial charge on any atom is -0.361 e. The Hall–Kier alpha value is -1.28. The number of fused-ring (bicyclic) bond motifs is 1. The van der Waals surface area contributed by atoms with Gasteiger partial charge in [-0.3, -0.25) is 0 Å². The van der Waals surface area contributed by atoms with Crippen molar-refractivity contribution in [2.24, 2.45) is 5.73 Å². The Labute approximate surface area is 90.5 Å². The van der Waals surface area contributed by atoms with Crippen molar-refractivity contribution in [2.75, 3.05) is 6.54 Å². The molecule has 2 rings (SSSR count). The summed E-state index contributed by atoms with van der Waals surface area (Å²) in [6.45, 7) is 2.93. The monoisotopic (exact) mass is 202 g/mol. The van der Waals surface area contributed by atoms with Crippen LogP contribution in [0, 0.1) is 6.92 Å². The molecular weight excluding hydrogens is 184 g/mol. The summed E-state index contributed by atoms with van der Waals surface area (Å²) in [5.41, 5.74) is 9.48. The average molecular weight is 202 g/mol. The van der Waals surface area contributed by atoms with Gasteiger partial charge in [-0.2, -0.15) is 0 Å². The first-order valence-corrected chi connectivity index (χ1v) is 5.58. The maximum atomic E-state index is 5.50. The van der Waals surface area contributed by atoms with Crippen LogP contribution in [0.1, 0.15) is 24.0 Å². The molecular formula is C13H18N2. The van der Waals surface area contributed by atoms with Gasteiger partial charge in [0.05, 0.1) is 0 Å². The highest BCUT2D eigenvalue weighted by atomic mass is 14.7. The molecule has 0 saturated carbocycles. The van der Waals surface area contributed by atoms with Crippen molar-refractivity contribution < 1.29 is 0 Å². The highest BCUT2D eigenvalue weighted by Crippen LogP contribution is 2.21. The summed E-state index contributed by atoms with van der Waals surface area (Å²) in [5.74, 6) is 0. The average Bonchev–Trinajstić information content (AvgIpc) is 2.62. The second-order valence-corrected chi connectivity index (χ2v) is 4.11. The number of aryl methyl sites for hydroxylation is 2. The first kappa shape index (κ1) is 10.2. The van der Waals surface area contributed by atoms with E-state index in [4.69, 9.17) is 5.73 Å². The van der Waals surface area contributed by atoms with E-state index in [1.807, 2.05) is 0 Å². The zero-order valence-electron chi connectivity index (χ0n) is 9.22. The summed E-state index contributed by atoms with van der Waals surface area (Å²) in [4.78, 5) is 3.31. The second-order valence-electron chi connectivity index (χ2n) is 4.11. The van der Waals surface area contributed by atoms with E-state index in [0.717, 1.165) is 19.4 Å². The molecule has 0 spiro atoms.